The maximum Gasteiger partial charge on any atom is 0.313 e. The van der Waals surface area contributed by atoms with E-state index in [2.05, 4.69) is 15.3 Å². The minimum Gasteiger partial charge on any atom is -0.479 e. The van der Waals surface area contributed by atoms with Gasteiger partial charge in [0.05, 0.1) is 17.5 Å². The van der Waals surface area contributed by atoms with Crippen molar-refractivity contribution in [3.63, 3.8) is 0 Å². The molecular formula is C26H25F3N4O6. The number of carbonyl (C=O) groups excluding carboxylic acids is 4. The molecule has 2 N–H and O–H groups in total. The van der Waals surface area contributed by atoms with Gasteiger partial charge in [0.2, 0.25) is 29.6 Å². The van der Waals surface area contributed by atoms with Crippen LogP contribution in [0.5, 0.6) is 11.5 Å². The molecule has 0 radical (unpaired) electrons. The van der Waals surface area contributed by atoms with Crippen molar-refractivity contribution in [2.45, 2.75) is 32.2 Å². The minimum absolute atomic E-state index is 0.190. The van der Waals surface area contributed by atoms with Gasteiger partial charge >= 0.3 is 5.97 Å². The average molecular weight is 547 g/mol. The van der Waals surface area contributed by atoms with Gasteiger partial charge in [0.25, 0.3) is 0 Å². The fourth-order valence-electron chi connectivity index (χ4n) is 4.23. The van der Waals surface area contributed by atoms with Gasteiger partial charge in [-0.15, -0.1) is 0 Å². The summed E-state index contributed by atoms with van der Waals surface area (Å²) in [5.74, 6) is -8.46. The van der Waals surface area contributed by atoms with Crippen LogP contribution in [0, 0.1) is 30.3 Å². The topological polar surface area (TPSA) is 131 Å². The van der Waals surface area contributed by atoms with E-state index >= 15 is 0 Å². The Morgan fingerprint density at radius 2 is 1.85 bits per heavy atom. The van der Waals surface area contributed by atoms with E-state index in [9.17, 15) is 32.3 Å². The van der Waals surface area contributed by atoms with Crippen LogP contribution in [-0.4, -0.2) is 64.7 Å². The second kappa shape index (κ2) is 12.0. The van der Waals surface area contributed by atoms with Gasteiger partial charge < -0.3 is 24.7 Å². The first-order chi connectivity index (χ1) is 18.7. The Bertz CT molecular complexity index is 1370. The molecule has 3 aromatic rings. The highest BCUT2D eigenvalue weighted by atomic mass is 19.2. The zero-order valence-electron chi connectivity index (χ0n) is 20.8. The van der Waals surface area contributed by atoms with Crippen LogP contribution in [0.1, 0.15) is 25.1 Å². The number of aromatic nitrogens is 2. The summed E-state index contributed by atoms with van der Waals surface area (Å²) in [6.07, 6.45) is 0.808. The Morgan fingerprint density at radius 1 is 1.13 bits per heavy atom. The lowest BCUT2D eigenvalue weighted by atomic mass is 9.95. The molecule has 10 nitrogen and oxygen atoms in total. The highest BCUT2D eigenvalue weighted by Gasteiger charge is 2.33. The second-order valence-electron chi connectivity index (χ2n) is 9.06. The van der Waals surface area contributed by atoms with Crippen LogP contribution < -0.4 is 14.8 Å². The lowest BCUT2D eigenvalue weighted by Crippen LogP contribution is -2.48. The Hall–Kier alpha value is -4.42. The van der Waals surface area contributed by atoms with E-state index in [1.807, 2.05) is 31.2 Å². The number of nitrogens with zero attached hydrogens (tertiary/aromatic N) is 2. The third kappa shape index (κ3) is 6.54. The van der Waals surface area contributed by atoms with Crippen LogP contribution in [0.3, 0.4) is 0 Å². The molecule has 0 spiro atoms. The van der Waals surface area contributed by atoms with Gasteiger partial charge in [-0.25, -0.2) is 13.8 Å². The lowest BCUT2D eigenvalue weighted by molar-refractivity contribution is -0.138. The number of carbonyl (C=O) groups is 4. The molecule has 1 atom stereocenters. The van der Waals surface area contributed by atoms with Crippen molar-refractivity contribution in [2.24, 2.45) is 5.92 Å². The minimum atomic E-state index is -1.61. The van der Waals surface area contributed by atoms with E-state index in [4.69, 9.17) is 9.47 Å². The third-order valence-corrected chi connectivity index (χ3v) is 6.29. The molecule has 2 amide bonds. The van der Waals surface area contributed by atoms with Gasteiger partial charge in [0.15, 0.2) is 17.4 Å². The smallest absolute Gasteiger partial charge is 0.313 e. The van der Waals surface area contributed by atoms with Crippen LogP contribution in [-0.2, 0) is 19.2 Å². The second-order valence-corrected chi connectivity index (χ2v) is 9.06. The van der Waals surface area contributed by atoms with Crippen LogP contribution in [0.15, 0.2) is 30.3 Å². The monoisotopic (exact) mass is 546 g/mol. The number of hydrogen-bond acceptors (Lipinski definition) is 7. The number of aryl methyl sites for hydroxylation is 1. The number of piperidine rings is 1. The summed E-state index contributed by atoms with van der Waals surface area (Å²) in [6.45, 7) is 1.88. The number of ketones is 1. The Kier molecular flexibility index (Phi) is 8.47. The van der Waals surface area contributed by atoms with Crippen LogP contribution in [0.4, 0.5) is 13.2 Å². The summed E-state index contributed by atoms with van der Waals surface area (Å²) in [4.78, 5) is 56.5. The predicted molar refractivity (Wildman–Crippen MR) is 130 cm³/mol. The highest BCUT2D eigenvalue weighted by molar-refractivity contribution is 5.94. The molecule has 2 aliphatic heterocycles. The molecule has 1 fully saturated rings. The number of Topliss-reactive ketones (excluding diaryl/α,β-unsaturated/α-hetero) is 1. The molecule has 0 saturated carbocycles. The summed E-state index contributed by atoms with van der Waals surface area (Å²) in [6, 6.07) is 6.86. The SMILES string of the molecule is Cc1nc2ccccc2[nH]1.O=CN1CCC(C(=O)NC2CC(=O)Oc3c(F)cc(F)c(F)c3OCC2=O)CC1. The summed E-state index contributed by atoms with van der Waals surface area (Å²) in [7, 11) is 0. The fourth-order valence-corrected chi connectivity index (χ4v) is 4.23. The van der Waals surface area contributed by atoms with E-state index in [1.165, 1.54) is 4.90 Å². The van der Waals surface area contributed by atoms with Crippen molar-refractivity contribution in [1.82, 2.24) is 20.2 Å². The number of rotatable bonds is 3. The molecule has 3 heterocycles. The molecule has 13 heteroatoms. The fraction of sp³-hybridized carbons (Fsp3) is 0.346. The van der Waals surface area contributed by atoms with Crippen molar-refractivity contribution in [3.05, 3.63) is 53.6 Å². The van der Waals surface area contributed by atoms with Gasteiger partial charge in [-0.3, -0.25) is 19.2 Å². The quantitative estimate of drug-likeness (QED) is 0.224. The number of imidazole rings is 1. The summed E-state index contributed by atoms with van der Waals surface area (Å²) >= 11 is 0. The molecule has 39 heavy (non-hydrogen) atoms. The molecule has 206 valence electrons. The van der Waals surface area contributed by atoms with E-state index in [1.54, 1.807) is 0 Å². The lowest BCUT2D eigenvalue weighted by Gasteiger charge is -2.29. The molecule has 2 aliphatic rings. The number of esters is 1. The Morgan fingerprint density at radius 3 is 2.54 bits per heavy atom. The number of nitrogens with one attached hydrogen (secondary N) is 2. The van der Waals surface area contributed by atoms with Crippen LogP contribution in [0.2, 0.25) is 0 Å². The van der Waals surface area contributed by atoms with Gasteiger partial charge in [0, 0.05) is 25.1 Å². The van der Waals surface area contributed by atoms with Crippen molar-refractivity contribution < 1.29 is 41.8 Å². The molecule has 0 bridgehead atoms. The van der Waals surface area contributed by atoms with Gasteiger partial charge in [-0.05, 0) is 31.9 Å². The molecule has 0 aliphatic carbocycles. The third-order valence-electron chi connectivity index (χ3n) is 6.29. The Balaban J connectivity index is 0.000000292. The summed E-state index contributed by atoms with van der Waals surface area (Å²) < 4.78 is 50.8. The number of fused-ring (bicyclic) bond motifs is 2. The molecule has 1 saturated heterocycles. The molecule has 1 aromatic heterocycles. The number of H-pyrrole nitrogens is 1. The number of amides is 2. The van der Waals surface area contributed by atoms with Crippen molar-refractivity contribution in [1.29, 1.82) is 0 Å². The maximum absolute atomic E-state index is 13.9. The van der Waals surface area contributed by atoms with Crippen LogP contribution in [0.25, 0.3) is 11.0 Å². The normalized spacial score (nSPS) is 17.9. The van der Waals surface area contributed by atoms with E-state index in [-0.39, 0.29) is 6.07 Å². The Labute approximate surface area is 220 Å². The zero-order chi connectivity index (χ0) is 28.1. The zero-order valence-corrected chi connectivity index (χ0v) is 20.8. The van der Waals surface area contributed by atoms with E-state index in [0.29, 0.717) is 32.3 Å². The summed E-state index contributed by atoms with van der Waals surface area (Å²) in [5.41, 5.74) is 2.15. The van der Waals surface area contributed by atoms with Crippen molar-refractivity contribution >= 4 is 35.1 Å². The first-order valence-corrected chi connectivity index (χ1v) is 12.1. The van der Waals surface area contributed by atoms with Gasteiger partial charge in [0.1, 0.15) is 18.5 Å². The summed E-state index contributed by atoms with van der Waals surface area (Å²) in [5, 5.41) is 2.43. The maximum atomic E-state index is 13.9. The molecule has 5 rings (SSSR count). The van der Waals surface area contributed by atoms with Crippen molar-refractivity contribution in [2.75, 3.05) is 19.7 Å². The number of hydrogen-bond donors (Lipinski definition) is 2. The predicted octanol–water partition coefficient (Wildman–Crippen LogP) is 2.59. The molecule has 1 unspecified atom stereocenters. The largest absolute Gasteiger partial charge is 0.479 e. The molecular weight excluding hydrogens is 521 g/mol. The van der Waals surface area contributed by atoms with Crippen LogP contribution >= 0.6 is 0 Å². The number of likely N-dealkylation sites (tertiary alicyclic amines) is 1. The van der Waals surface area contributed by atoms with Crippen molar-refractivity contribution in [3.8, 4) is 11.5 Å². The number of ether oxygens (including phenoxy) is 2. The van der Waals surface area contributed by atoms with E-state index in [0.717, 1.165) is 16.9 Å². The number of halogens is 3. The van der Waals surface area contributed by atoms with Gasteiger partial charge in [-0.1, -0.05) is 12.1 Å². The standard InChI is InChI=1S/C18H17F3N2O6.C8H8N2/c19-10-5-11(20)16-17(15(10)21)28-7-13(25)12(6-14(26)29-16)22-18(27)9-1-3-23(8-24)4-2-9;1-6-9-7-4-2-3-5-8(7)10-6/h5,8-9,12H,1-4,6-7H2,(H,22,27);2-5H,1H3,(H,9,10). The number of aromatic amines is 1. The average Bonchev–Trinajstić information content (AvgIpc) is 3.32. The number of benzene rings is 2. The highest BCUT2D eigenvalue weighted by Crippen LogP contribution is 2.36. The molecule has 2 aromatic carbocycles. The van der Waals surface area contributed by atoms with Gasteiger partial charge in [-0.2, -0.15) is 4.39 Å². The van der Waals surface area contributed by atoms with E-state index < -0.39 is 71.6 Å². The number of para-hydroxylation sites is 2. The first kappa shape index (κ1) is 27.6. The first-order valence-electron chi connectivity index (χ1n) is 12.1.